The van der Waals surface area contributed by atoms with E-state index in [2.05, 4.69) is 0 Å². The molecule has 14 heteroatoms. The van der Waals surface area contributed by atoms with Crippen LogP contribution in [0.3, 0.4) is 0 Å². The maximum Gasteiger partial charge on any atom is 3.00 e. The fourth-order valence-corrected chi connectivity index (χ4v) is 4.69. The summed E-state index contributed by atoms with van der Waals surface area (Å²) in [4.78, 5) is 62.1. The van der Waals surface area contributed by atoms with Gasteiger partial charge in [-0.05, 0) is 113 Å². The molecule has 0 spiro atoms. The molecule has 0 amide bonds. The monoisotopic (exact) mass is 716 g/mol. The van der Waals surface area contributed by atoms with Crippen LogP contribution in [0.4, 0.5) is 0 Å². The predicted octanol–water partition coefficient (Wildman–Crippen LogP) is -5.13. The van der Waals surface area contributed by atoms with Crippen molar-refractivity contribution < 1.29 is 98.4 Å². The third kappa shape index (κ3) is 13.7. The molecule has 38 heavy (non-hydrogen) atoms. The van der Waals surface area contributed by atoms with Gasteiger partial charge in [0.1, 0.15) is 0 Å². The minimum atomic E-state index is -1.06. The summed E-state index contributed by atoms with van der Waals surface area (Å²) >= 11 is 0. The van der Waals surface area contributed by atoms with Crippen molar-refractivity contribution in [3.8, 4) is 0 Å². The van der Waals surface area contributed by atoms with Crippen molar-refractivity contribution in [2.24, 2.45) is 35.5 Å². The van der Waals surface area contributed by atoms with Crippen LogP contribution in [0.5, 0.6) is 0 Å². The molecule has 0 aliphatic heterocycles. The molecule has 3 aliphatic carbocycles. The van der Waals surface area contributed by atoms with Crippen molar-refractivity contribution in [3.05, 3.63) is 0 Å². The summed E-state index contributed by atoms with van der Waals surface area (Å²) in [5.41, 5.74) is 0. The fraction of sp³-hybridized carbons (Fsp3) is 0.750. The normalized spacial score (nSPS) is 28.1. The molecule has 12 nitrogen and oxygen atoms in total. The van der Waals surface area contributed by atoms with Crippen molar-refractivity contribution in [2.45, 2.75) is 77.0 Å². The van der Waals surface area contributed by atoms with Crippen molar-refractivity contribution in [3.63, 3.8) is 0 Å². The van der Waals surface area contributed by atoms with Gasteiger partial charge in [0, 0.05) is 35.8 Å². The van der Waals surface area contributed by atoms with Crippen LogP contribution in [0, 0.1) is 35.5 Å². The summed E-state index contributed by atoms with van der Waals surface area (Å²) in [6.45, 7) is 0. The van der Waals surface area contributed by atoms with Crippen molar-refractivity contribution in [1.29, 1.82) is 0 Å². The number of hydrogen-bond acceptors (Lipinski definition) is 12. The second kappa shape index (κ2) is 19.2. The van der Waals surface area contributed by atoms with Gasteiger partial charge in [-0.3, -0.25) is 0 Å². The van der Waals surface area contributed by atoms with Crippen LogP contribution >= 0.6 is 0 Å². The van der Waals surface area contributed by atoms with E-state index < -0.39 is 71.3 Å². The van der Waals surface area contributed by atoms with Crippen LogP contribution in [0.2, 0.25) is 0 Å². The standard InChI is InChI=1S/3C8H12O4.2Rh/c3*9-7(10)5-1-2-6(4-3-5)8(11)12;;/h3*5-6H,1-4H2,(H,9,10)(H,11,12);;/q;;;2*+3/p-6. The number of hydrogen-bond donors (Lipinski definition) is 0. The molecule has 0 heterocycles. The number of carbonyl (C=O) groups excluding carboxylic acids is 6. The van der Waals surface area contributed by atoms with E-state index in [0.29, 0.717) is 77.0 Å². The third-order valence-corrected chi connectivity index (χ3v) is 7.18. The summed E-state index contributed by atoms with van der Waals surface area (Å²) in [6.07, 6.45) is 4.85. The Morgan fingerprint density at radius 1 is 0.289 bits per heavy atom. The Balaban J connectivity index is 0. The average molecular weight is 716 g/mol. The quantitative estimate of drug-likeness (QED) is 0.235. The summed E-state index contributed by atoms with van der Waals surface area (Å²) in [7, 11) is 0. The van der Waals surface area contributed by atoms with Gasteiger partial charge in [-0.1, -0.05) is 0 Å². The fourth-order valence-electron chi connectivity index (χ4n) is 4.69. The van der Waals surface area contributed by atoms with Crippen LogP contribution in [0.15, 0.2) is 0 Å². The van der Waals surface area contributed by atoms with Gasteiger partial charge in [0.15, 0.2) is 0 Å². The molecular weight excluding hydrogens is 686 g/mol. The van der Waals surface area contributed by atoms with Crippen molar-refractivity contribution in [2.75, 3.05) is 0 Å². The molecule has 3 saturated carbocycles. The van der Waals surface area contributed by atoms with Crippen molar-refractivity contribution in [1.82, 2.24) is 0 Å². The molecular formula is C24H30O12Rh2. The SMILES string of the molecule is O=C([O-])C1CCC(C(=O)[O-])CC1.O=C([O-])C1CCC(C(=O)[O-])CC1.O=C([O-])C1CCC(C(=O)[O-])CC1.[Rh+3].[Rh+3]. The number of carboxylic acids is 6. The zero-order valence-corrected chi connectivity index (χ0v) is 23.8. The van der Waals surface area contributed by atoms with Crippen LogP contribution in [0.1, 0.15) is 77.0 Å². The molecule has 0 bridgehead atoms. The zero-order chi connectivity index (χ0) is 27.4. The molecule has 0 unspecified atom stereocenters. The van der Waals surface area contributed by atoms with E-state index in [1.807, 2.05) is 0 Å². The maximum absolute atomic E-state index is 10.4. The van der Waals surface area contributed by atoms with E-state index in [9.17, 15) is 59.4 Å². The van der Waals surface area contributed by atoms with Crippen LogP contribution < -0.4 is 30.6 Å². The molecule has 216 valence electrons. The molecule has 3 rings (SSSR count). The topological polar surface area (TPSA) is 241 Å². The Kier molecular flexibility index (Phi) is 19.3. The smallest absolute Gasteiger partial charge is 0.550 e. The van der Waals surface area contributed by atoms with E-state index in [-0.39, 0.29) is 39.0 Å². The number of aliphatic carboxylic acids is 6. The summed E-state index contributed by atoms with van der Waals surface area (Å²) in [5.74, 6) is -9.13. The zero-order valence-electron chi connectivity index (χ0n) is 20.5. The minimum Gasteiger partial charge on any atom is -0.550 e. The molecule has 0 atom stereocenters. The molecule has 0 aromatic rings. The first-order chi connectivity index (χ1) is 16.8. The first kappa shape index (κ1) is 38.2. The Hall–Kier alpha value is -1.93. The molecule has 0 N–H and O–H groups in total. The van der Waals surface area contributed by atoms with Gasteiger partial charge in [-0.2, -0.15) is 0 Å². The van der Waals surface area contributed by atoms with E-state index in [4.69, 9.17) is 0 Å². The number of carbonyl (C=O) groups is 6. The van der Waals surface area contributed by atoms with E-state index in [0.717, 1.165) is 0 Å². The van der Waals surface area contributed by atoms with Crippen LogP contribution in [-0.4, -0.2) is 35.8 Å². The Morgan fingerprint density at radius 3 is 0.421 bits per heavy atom. The summed E-state index contributed by atoms with van der Waals surface area (Å²) < 4.78 is 0. The van der Waals surface area contributed by atoms with Gasteiger partial charge >= 0.3 is 39.0 Å². The average Bonchev–Trinajstić information content (AvgIpc) is 2.84. The number of rotatable bonds is 6. The van der Waals surface area contributed by atoms with Gasteiger partial charge in [0.2, 0.25) is 0 Å². The minimum absolute atomic E-state index is 0. The third-order valence-electron chi connectivity index (χ3n) is 7.18. The first-order valence-corrected chi connectivity index (χ1v) is 12.1. The predicted molar refractivity (Wildman–Crippen MR) is 106 cm³/mol. The van der Waals surface area contributed by atoms with Gasteiger partial charge < -0.3 is 59.4 Å². The second-order valence-corrected chi connectivity index (χ2v) is 9.56. The Labute approximate surface area is 246 Å². The molecule has 0 aromatic heterocycles. The van der Waals surface area contributed by atoms with Gasteiger partial charge in [0.25, 0.3) is 0 Å². The van der Waals surface area contributed by atoms with Gasteiger partial charge in [0.05, 0.1) is 0 Å². The van der Waals surface area contributed by atoms with Crippen LogP contribution in [0.25, 0.3) is 0 Å². The molecule has 0 aromatic carbocycles. The largest absolute Gasteiger partial charge is 3.00 e. The summed E-state index contributed by atoms with van der Waals surface area (Å²) in [5, 5.41) is 62.1. The van der Waals surface area contributed by atoms with E-state index in [1.165, 1.54) is 0 Å². The number of carboxylic acid groups (broad SMARTS) is 6. The van der Waals surface area contributed by atoms with Gasteiger partial charge in [-0.15, -0.1) is 0 Å². The molecule has 3 aliphatic rings. The second-order valence-electron chi connectivity index (χ2n) is 9.56. The Morgan fingerprint density at radius 2 is 0.368 bits per heavy atom. The molecule has 0 radical (unpaired) electrons. The summed E-state index contributed by atoms with van der Waals surface area (Å²) in [6, 6.07) is 0. The van der Waals surface area contributed by atoms with Crippen LogP contribution in [-0.2, 0) is 67.7 Å². The van der Waals surface area contributed by atoms with Crippen molar-refractivity contribution >= 4 is 35.8 Å². The van der Waals surface area contributed by atoms with Gasteiger partial charge in [-0.25, -0.2) is 0 Å². The first-order valence-electron chi connectivity index (χ1n) is 12.1. The van der Waals surface area contributed by atoms with E-state index >= 15 is 0 Å². The molecule has 3 fully saturated rings. The maximum atomic E-state index is 10.4. The molecule has 0 saturated heterocycles. The Bertz CT molecular complexity index is 624. The van der Waals surface area contributed by atoms with E-state index in [1.54, 1.807) is 0 Å².